The van der Waals surface area contributed by atoms with Crippen molar-refractivity contribution in [3.05, 3.63) is 71.6 Å². The first-order valence-corrected chi connectivity index (χ1v) is 11.4. The van der Waals surface area contributed by atoms with E-state index in [1.54, 1.807) is 24.0 Å². The summed E-state index contributed by atoms with van der Waals surface area (Å²) in [6.07, 6.45) is -0.223. The molecule has 4 rings (SSSR count). The van der Waals surface area contributed by atoms with Crippen molar-refractivity contribution in [3.8, 4) is 0 Å². The van der Waals surface area contributed by atoms with Gasteiger partial charge < -0.3 is 16.0 Å². The summed E-state index contributed by atoms with van der Waals surface area (Å²) in [6.45, 7) is 6.47. The van der Waals surface area contributed by atoms with Gasteiger partial charge in [-0.2, -0.15) is 13.2 Å². The number of alkyl halides is 3. The van der Waals surface area contributed by atoms with Crippen molar-refractivity contribution in [2.24, 2.45) is 22.6 Å². The first kappa shape index (κ1) is 25.3. The number of nitrogens with two attached hydrogens (primary N) is 1. The first-order valence-electron chi connectivity index (χ1n) is 11.4. The lowest BCUT2D eigenvalue weighted by atomic mass is 10.00. The molecule has 0 bridgehead atoms. The Bertz CT molecular complexity index is 1210. The van der Waals surface area contributed by atoms with Crippen molar-refractivity contribution in [2.75, 3.05) is 18.4 Å². The molecule has 1 aliphatic carbocycles. The smallest absolute Gasteiger partial charge is 0.402 e. The second-order valence-electron chi connectivity index (χ2n) is 9.02. The fourth-order valence-corrected chi connectivity index (χ4v) is 4.37. The van der Waals surface area contributed by atoms with Gasteiger partial charge in [-0.1, -0.05) is 6.58 Å². The summed E-state index contributed by atoms with van der Waals surface area (Å²) in [7, 11) is 0. The molecule has 1 unspecified atom stereocenters. The third-order valence-electron chi connectivity index (χ3n) is 6.44. The number of halogens is 4. The number of nitrogens with zero attached hydrogens (tertiary/aromatic N) is 4. The number of aromatic nitrogens is 2. The summed E-state index contributed by atoms with van der Waals surface area (Å²) in [5.74, 6) is 0.158. The maximum atomic E-state index is 13.7. The van der Waals surface area contributed by atoms with Crippen LogP contribution in [0.4, 0.5) is 23.4 Å². The molecule has 3 N–H and O–H groups in total. The van der Waals surface area contributed by atoms with Gasteiger partial charge in [0.2, 0.25) is 0 Å². The molecule has 2 aromatic heterocycles. The Morgan fingerprint density at radius 1 is 1.28 bits per heavy atom. The summed E-state index contributed by atoms with van der Waals surface area (Å²) in [5.41, 5.74) is 5.62. The third kappa shape index (κ3) is 5.72. The minimum absolute atomic E-state index is 0.158. The van der Waals surface area contributed by atoms with Gasteiger partial charge in [-0.05, 0) is 55.9 Å². The number of amides is 1. The predicted octanol–water partition coefficient (Wildman–Crippen LogP) is 4.58. The molecular weight excluding hydrogens is 476 g/mol. The number of allylic oxidation sites excluding steroid dienone is 1. The van der Waals surface area contributed by atoms with Crippen LogP contribution in [0.5, 0.6) is 0 Å². The van der Waals surface area contributed by atoms with E-state index < -0.39 is 17.6 Å². The van der Waals surface area contributed by atoms with Crippen LogP contribution in [0, 0.1) is 18.8 Å². The van der Waals surface area contributed by atoms with E-state index in [1.165, 1.54) is 6.07 Å². The molecule has 1 aliphatic heterocycles. The van der Waals surface area contributed by atoms with Gasteiger partial charge in [0.15, 0.2) is 5.83 Å². The maximum Gasteiger partial charge on any atom is 0.417 e. The van der Waals surface area contributed by atoms with Crippen LogP contribution < -0.4 is 11.1 Å². The molecule has 0 aromatic carbocycles. The second-order valence-corrected chi connectivity index (χ2v) is 9.02. The van der Waals surface area contributed by atoms with Crippen molar-refractivity contribution < 1.29 is 22.4 Å². The van der Waals surface area contributed by atoms with Gasteiger partial charge in [0, 0.05) is 42.8 Å². The van der Waals surface area contributed by atoms with Crippen LogP contribution in [-0.2, 0) is 6.18 Å². The molecule has 7 nitrogen and oxygen atoms in total. The summed E-state index contributed by atoms with van der Waals surface area (Å²) < 4.78 is 51.9. The number of aliphatic imine (C=N–C) groups is 1. The molecule has 2 aliphatic rings. The number of hydrogen-bond acceptors (Lipinski definition) is 6. The highest BCUT2D eigenvalue weighted by Crippen LogP contribution is 2.47. The number of piperidine rings is 1. The fraction of sp³-hybridized carbons (Fsp3) is 0.360. The monoisotopic (exact) mass is 502 g/mol. The topological polar surface area (TPSA) is 96.5 Å². The van der Waals surface area contributed by atoms with Gasteiger partial charge in [-0.25, -0.2) is 14.4 Å². The molecule has 190 valence electrons. The molecular formula is C25H26F4N6O. The number of anilines is 1. The van der Waals surface area contributed by atoms with E-state index in [1.807, 2.05) is 0 Å². The summed E-state index contributed by atoms with van der Waals surface area (Å²) in [4.78, 5) is 27.7. The number of hydrogen-bond donors (Lipinski definition) is 2. The minimum Gasteiger partial charge on any atom is -0.402 e. The number of carbonyl (C=O) groups is 1. The van der Waals surface area contributed by atoms with E-state index >= 15 is 0 Å². The number of nitrogens with one attached hydrogen (secondary N) is 1. The van der Waals surface area contributed by atoms with Crippen LogP contribution in [0.3, 0.4) is 0 Å². The number of carbonyl (C=O) groups excluding carboxylic acids is 1. The normalized spacial score (nSPS) is 21.9. The van der Waals surface area contributed by atoms with Gasteiger partial charge in [0.25, 0.3) is 5.91 Å². The molecule has 11 heteroatoms. The Morgan fingerprint density at radius 3 is 2.72 bits per heavy atom. The van der Waals surface area contributed by atoms with E-state index in [0.717, 1.165) is 37.5 Å². The lowest BCUT2D eigenvalue weighted by Gasteiger charge is -2.36. The molecule has 2 aromatic rings. The Morgan fingerprint density at radius 2 is 2.06 bits per heavy atom. The Hall–Kier alpha value is -3.76. The van der Waals surface area contributed by atoms with Crippen molar-refractivity contribution in [2.45, 2.75) is 32.0 Å². The molecule has 1 amide bonds. The SMILES string of the molecule is C=C(/N=C\C(F)=C/N)c1ccc(C)nc1C(=O)N1C[C@@H]2C[C@@H]2CC1CNc1ccc(C(F)(F)F)cn1. The number of likely N-dealkylation sites (tertiary alicyclic amines) is 1. The maximum absolute atomic E-state index is 13.7. The van der Waals surface area contributed by atoms with Crippen LogP contribution in [0.1, 0.15) is 40.2 Å². The zero-order chi connectivity index (χ0) is 26.0. The standard InChI is InChI=1S/C25H26F4N6O/c1-14-3-5-21(15(2)31-11-19(26)9-30)23(34-14)24(36)35-13-17-7-16(17)8-20(35)12-33-22-6-4-18(10-32-22)25(27,28)29/h3-6,9-11,16-17,20H,2,7-8,12-13,30H2,1H3,(H,32,33)/b19-9+,31-11-/t16-,17+,20?/m1/s1. The highest BCUT2D eigenvalue weighted by molar-refractivity contribution is 5.98. The Kier molecular flexibility index (Phi) is 7.09. The van der Waals surface area contributed by atoms with Crippen molar-refractivity contribution in [1.82, 2.24) is 14.9 Å². The molecule has 3 atom stereocenters. The van der Waals surface area contributed by atoms with E-state index in [-0.39, 0.29) is 23.3 Å². The summed E-state index contributed by atoms with van der Waals surface area (Å²) >= 11 is 0. The summed E-state index contributed by atoms with van der Waals surface area (Å²) in [5, 5.41) is 3.06. The molecule has 1 saturated heterocycles. The zero-order valence-electron chi connectivity index (χ0n) is 19.6. The molecule has 36 heavy (non-hydrogen) atoms. The molecule has 0 spiro atoms. The van der Waals surface area contributed by atoms with E-state index in [2.05, 4.69) is 26.9 Å². The number of rotatable bonds is 7. The summed E-state index contributed by atoms with van der Waals surface area (Å²) in [6, 6.07) is 5.41. The fourth-order valence-electron chi connectivity index (χ4n) is 4.37. The molecule has 3 heterocycles. The Balaban J connectivity index is 1.54. The van der Waals surface area contributed by atoms with Crippen LogP contribution in [0.25, 0.3) is 5.70 Å². The first-order chi connectivity index (χ1) is 17.1. The third-order valence-corrected chi connectivity index (χ3v) is 6.44. The van der Waals surface area contributed by atoms with Crippen molar-refractivity contribution >= 4 is 23.6 Å². The van der Waals surface area contributed by atoms with Crippen molar-refractivity contribution in [3.63, 3.8) is 0 Å². The quantitative estimate of drug-likeness (QED) is 0.427. The second kappa shape index (κ2) is 10.1. The van der Waals surface area contributed by atoms with Gasteiger partial charge in [-0.15, -0.1) is 0 Å². The van der Waals surface area contributed by atoms with Gasteiger partial charge >= 0.3 is 6.18 Å². The predicted molar refractivity (Wildman–Crippen MR) is 129 cm³/mol. The van der Waals surface area contributed by atoms with E-state index in [4.69, 9.17) is 5.73 Å². The van der Waals surface area contributed by atoms with Crippen LogP contribution in [0.2, 0.25) is 0 Å². The lowest BCUT2D eigenvalue weighted by Crippen LogP contribution is -2.48. The van der Waals surface area contributed by atoms with Gasteiger partial charge in [-0.3, -0.25) is 9.79 Å². The average Bonchev–Trinajstić information content (AvgIpc) is 3.62. The molecule has 1 saturated carbocycles. The average molecular weight is 503 g/mol. The van der Waals surface area contributed by atoms with Gasteiger partial charge in [0.1, 0.15) is 11.5 Å². The number of aryl methyl sites for hydroxylation is 1. The van der Waals surface area contributed by atoms with Gasteiger partial charge in [0.05, 0.1) is 17.5 Å². The minimum atomic E-state index is -4.46. The molecule has 2 fully saturated rings. The van der Waals surface area contributed by atoms with Crippen LogP contribution >= 0.6 is 0 Å². The van der Waals surface area contributed by atoms with Crippen molar-refractivity contribution in [1.29, 1.82) is 0 Å². The van der Waals surface area contributed by atoms with Crippen LogP contribution in [0.15, 0.2) is 54.1 Å². The number of pyridine rings is 2. The highest BCUT2D eigenvalue weighted by Gasteiger charge is 2.47. The lowest BCUT2D eigenvalue weighted by molar-refractivity contribution is -0.137. The highest BCUT2D eigenvalue weighted by atomic mass is 19.4. The van der Waals surface area contributed by atoms with E-state index in [0.29, 0.717) is 42.0 Å². The van der Waals surface area contributed by atoms with Crippen LogP contribution in [-0.4, -0.2) is 46.1 Å². The molecule has 0 radical (unpaired) electrons. The zero-order valence-corrected chi connectivity index (χ0v) is 19.6. The number of fused-ring (bicyclic) bond motifs is 1. The largest absolute Gasteiger partial charge is 0.417 e. The Labute approximate surface area is 205 Å². The van der Waals surface area contributed by atoms with E-state index in [9.17, 15) is 22.4 Å².